The van der Waals surface area contributed by atoms with Crippen LogP contribution in [0.25, 0.3) is 10.4 Å². The number of thioether (sulfide) groups is 1. The third-order valence-electron chi connectivity index (χ3n) is 6.74. The minimum atomic E-state index is -1.10. The highest BCUT2D eigenvalue weighted by molar-refractivity contribution is 9.08. The number of rotatable bonds is 7. The maximum Gasteiger partial charge on any atom is 0.352 e. The topological polar surface area (TPSA) is 86.1 Å². The zero-order chi connectivity index (χ0) is 24.3. The lowest BCUT2D eigenvalue weighted by Crippen LogP contribution is -2.63. The quantitative estimate of drug-likeness (QED) is 0.199. The van der Waals surface area contributed by atoms with Crippen LogP contribution in [0, 0.1) is 11.8 Å². The molecule has 4 atom stereocenters. The van der Waals surface area contributed by atoms with Crippen LogP contribution in [0.2, 0.25) is 0 Å². The Bertz CT molecular complexity index is 1350. The number of halogens is 1. The van der Waals surface area contributed by atoms with Gasteiger partial charge in [0.1, 0.15) is 18.4 Å². The molecule has 1 saturated heterocycles. The smallest absolute Gasteiger partial charge is 0.352 e. The van der Waals surface area contributed by atoms with Crippen molar-refractivity contribution < 1.29 is 24.4 Å². The number of imidazole rings is 1. The average molecular weight is 564 g/mol. The first kappa shape index (κ1) is 23.6. The summed E-state index contributed by atoms with van der Waals surface area (Å²) in [5.74, 6) is -2.15. The van der Waals surface area contributed by atoms with Gasteiger partial charge in [0.15, 0.2) is 0 Å². The van der Waals surface area contributed by atoms with Gasteiger partial charge in [-0.15, -0.1) is 0 Å². The molecule has 3 aromatic rings. The maximum atomic E-state index is 12.7. The number of alkyl halides is 1. The van der Waals surface area contributed by atoms with E-state index in [1.165, 1.54) is 16.0 Å². The number of aliphatic hydroxyl groups is 1. The standard InChI is InChI=1S/C24H24BrN3O4S2/c1-12-17(20(24(31)32)28-19(12)18(13(2)29)21(28)30)16-10-27-11-26(22(33-3)23(27)34-16)9-15-6-4-5-14(7-15)8-25/h4-7,10-13,18-19,29H,8-9H2,1-3H3/p+1/t12-,13+,18+,19-/m0/s1. The Morgan fingerprint density at radius 3 is 2.74 bits per heavy atom. The number of amides is 1. The second-order valence-electron chi connectivity index (χ2n) is 8.84. The van der Waals surface area contributed by atoms with Crippen LogP contribution in [0.15, 0.2) is 47.5 Å². The van der Waals surface area contributed by atoms with Crippen molar-refractivity contribution in [1.29, 1.82) is 0 Å². The zero-order valence-corrected chi connectivity index (χ0v) is 22.2. The lowest BCUT2D eigenvalue weighted by molar-refractivity contribution is -0.721. The highest BCUT2D eigenvalue weighted by Gasteiger charge is 2.60. The highest BCUT2D eigenvalue weighted by Crippen LogP contribution is 2.51. The van der Waals surface area contributed by atoms with E-state index in [9.17, 15) is 19.8 Å². The number of carbonyl (C=O) groups is 2. The van der Waals surface area contributed by atoms with Crippen LogP contribution < -0.4 is 4.57 Å². The normalized spacial score (nSPS) is 22.9. The van der Waals surface area contributed by atoms with Crippen molar-refractivity contribution in [2.75, 3.05) is 6.26 Å². The second-order valence-corrected chi connectivity index (χ2v) is 11.2. The Labute approximate surface area is 213 Å². The largest absolute Gasteiger partial charge is 0.477 e. The number of nitrogens with zero attached hydrogens (tertiary/aromatic N) is 3. The Balaban J connectivity index is 1.54. The fraction of sp³-hybridized carbons (Fsp3) is 0.375. The summed E-state index contributed by atoms with van der Waals surface area (Å²) >= 11 is 6.72. The molecule has 2 aliphatic rings. The van der Waals surface area contributed by atoms with Crippen LogP contribution in [0.1, 0.15) is 29.9 Å². The summed E-state index contributed by atoms with van der Waals surface area (Å²) < 4.78 is 4.25. The molecule has 1 aromatic carbocycles. The first-order valence-electron chi connectivity index (χ1n) is 11.0. The van der Waals surface area contributed by atoms with Gasteiger partial charge in [-0.25, -0.2) is 9.36 Å². The molecule has 0 bridgehead atoms. The molecule has 2 aliphatic heterocycles. The number of β-lactam (4-membered cyclic amide) rings is 1. The van der Waals surface area contributed by atoms with Crippen molar-refractivity contribution in [2.45, 2.75) is 42.9 Å². The first-order chi connectivity index (χ1) is 16.3. The van der Waals surface area contributed by atoms with Crippen molar-refractivity contribution in [3.63, 3.8) is 0 Å². The van der Waals surface area contributed by atoms with Crippen LogP contribution in [0.5, 0.6) is 0 Å². The van der Waals surface area contributed by atoms with Gasteiger partial charge in [0.05, 0.1) is 22.9 Å². The van der Waals surface area contributed by atoms with Crippen LogP contribution >= 0.6 is 39.0 Å². The Morgan fingerprint density at radius 2 is 2.09 bits per heavy atom. The van der Waals surface area contributed by atoms with E-state index < -0.39 is 18.0 Å². The number of carboxylic acids is 1. The van der Waals surface area contributed by atoms with E-state index in [0.717, 1.165) is 26.6 Å². The van der Waals surface area contributed by atoms with Gasteiger partial charge in [-0.3, -0.25) is 4.79 Å². The van der Waals surface area contributed by atoms with Gasteiger partial charge >= 0.3 is 5.97 Å². The summed E-state index contributed by atoms with van der Waals surface area (Å²) in [6.45, 7) is 4.28. The number of carbonyl (C=O) groups excluding carboxylic acids is 1. The van der Waals surface area contributed by atoms with Crippen LogP contribution in [-0.4, -0.2) is 49.8 Å². The zero-order valence-electron chi connectivity index (χ0n) is 18.9. The Hall–Kier alpha value is -2.14. The van der Waals surface area contributed by atoms with Crippen LogP contribution in [0.4, 0.5) is 0 Å². The number of aliphatic hydroxyl groups excluding tert-OH is 1. The number of fused-ring (bicyclic) bond motifs is 2. The molecule has 1 amide bonds. The molecule has 178 valence electrons. The number of hydrogen-bond donors (Lipinski definition) is 2. The van der Waals surface area contributed by atoms with E-state index in [1.807, 2.05) is 30.1 Å². The number of carboxylic acid groups (broad SMARTS) is 1. The van der Waals surface area contributed by atoms with E-state index in [4.69, 9.17) is 0 Å². The lowest BCUT2D eigenvalue weighted by Gasteiger charge is -2.46. The third kappa shape index (κ3) is 3.54. The summed E-state index contributed by atoms with van der Waals surface area (Å²) in [5, 5.41) is 22.0. The molecule has 1 fully saturated rings. The molecule has 7 nitrogen and oxygen atoms in total. The SMILES string of the molecule is CSc1c2sc(C3=C(C(=O)O)N4C(=O)[C@H]([C@@H](C)O)[C@@H]4[C@H]3C)cn2c[n+]1Cc1cccc(CBr)c1. The molecule has 0 aliphatic carbocycles. The van der Waals surface area contributed by atoms with E-state index in [2.05, 4.69) is 44.8 Å². The lowest BCUT2D eigenvalue weighted by atomic mass is 9.77. The van der Waals surface area contributed by atoms with Gasteiger partial charge in [-0.1, -0.05) is 70.2 Å². The van der Waals surface area contributed by atoms with Crippen molar-refractivity contribution in [3.8, 4) is 0 Å². The molecule has 0 radical (unpaired) electrons. The molecule has 10 heteroatoms. The van der Waals surface area contributed by atoms with E-state index in [0.29, 0.717) is 5.57 Å². The summed E-state index contributed by atoms with van der Waals surface area (Å²) in [6, 6.07) is 8.14. The van der Waals surface area contributed by atoms with Crippen molar-refractivity contribution >= 4 is 61.3 Å². The van der Waals surface area contributed by atoms with Gasteiger partial charge < -0.3 is 15.1 Å². The molecule has 5 rings (SSSR count). The van der Waals surface area contributed by atoms with Gasteiger partial charge in [-0.2, -0.15) is 4.40 Å². The number of aliphatic carboxylic acids is 1. The van der Waals surface area contributed by atoms with Gasteiger partial charge in [-0.05, 0) is 24.3 Å². The number of thiazole rings is 1. The monoisotopic (exact) mass is 562 g/mol. The number of benzene rings is 1. The highest BCUT2D eigenvalue weighted by atomic mass is 79.9. The molecule has 34 heavy (non-hydrogen) atoms. The Morgan fingerprint density at radius 1 is 1.35 bits per heavy atom. The minimum Gasteiger partial charge on any atom is -0.477 e. The third-order valence-corrected chi connectivity index (χ3v) is 9.47. The molecule has 2 N–H and O–H groups in total. The summed E-state index contributed by atoms with van der Waals surface area (Å²) in [6.07, 6.45) is 5.24. The molecule has 4 heterocycles. The average Bonchev–Trinajstić information content (AvgIpc) is 3.40. The molecular weight excluding hydrogens is 538 g/mol. The predicted octanol–water partition coefficient (Wildman–Crippen LogP) is 3.61. The maximum absolute atomic E-state index is 12.7. The fourth-order valence-electron chi connectivity index (χ4n) is 5.28. The molecule has 0 unspecified atom stereocenters. The number of aromatic nitrogens is 2. The van der Waals surface area contributed by atoms with Gasteiger partial charge in [0.2, 0.25) is 15.8 Å². The minimum absolute atomic E-state index is 0.0501. The molecular formula is C24H25BrN3O4S2+. The second kappa shape index (κ2) is 8.82. The van der Waals surface area contributed by atoms with Crippen molar-refractivity contribution in [1.82, 2.24) is 9.30 Å². The summed E-state index contributed by atoms with van der Waals surface area (Å²) in [4.78, 5) is 28.1. The predicted molar refractivity (Wildman–Crippen MR) is 135 cm³/mol. The van der Waals surface area contributed by atoms with Gasteiger partial charge in [0.25, 0.3) is 6.33 Å². The Kier molecular flexibility index (Phi) is 6.12. The van der Waals surface area contributed by atoms with E-state index in [-0.39, 0.29) is 23.6 Å². The van der Waals surface area contributed by atoms with Crippen LogP contribution in [0.3, 0.4) is 0 Å². The molecule has 0 saturated carbocycles. The number of hydrogen-bond acceptors (Lipinski definition) is 5. The van der Waals surface area contributed by atoms with E-state index >= 15 is 0 Å². The van der Waals surface area contributed by atoms with Crippen molar-refractivity contribution in [3.05, 3.63) is 58.5 Å². The fourth-order valence-corrected chi connectivity index (χ4v) is 7.80. The molecule has 2 aromatic heterocycles. The summed E-state index contributed by atoms with van der Waals surface area (Å²) in [7, 11) is 0. The van der Waals surface area contributed by atoms with Crippen molar-refractivity contribution in [2.24, 2.45) is 11.8 Å². The summed E-state index contributed by atoms with van der Waals surface area (Å²) in [5.41, 5.74) is 3.16. The molecule has 0 spiro atoms. The van der Waals surface area contributed by atoms with E-state index in [1.54, 1.807) is 30.0 Å². The van der Waals surface area contributed by atoms with Gasteiger partial charge in [0, 0.05) is 16.8 Å². The van der Waals surface area contributed by atoms with Crippen LogP contribution in [-0.2, 0) is 21.5 Å². The first-order valence-corrected chi connectivity index (χ1v) is 14.1.